The molecule has 0 fully saturated rings. The van der Waals surface area contributed by atoms with Gasteiger partial charge in [-0.05, 0) is 57.9 Å². The van der Waals surface area contributed by atoms with Crippen LogP contribution in [0.4, 0.5) is 0 Å². The lowest BCUT2D eigenvalue weighted by molar-refractivity contribution is 1.18. The Labute approximate surface area is 205 Å². The standard InChI is InChI=1S/C31H19BrN2/c32-23-17-28(22-7-5-15-33-19-22)31-29(18-23)27-9-3-4-10-30(27)34(31)24-13-14-26-21(16-24)12-11-20-6-1-2-8-25(20)26/h1-19H. The van der Waals surface area contributed by atoms with E-state index in [0.717, 1.165) is 21.3 Å². The van der Waals surface area contributed by atoms with E-state index < -0.39 is 0 Å². The van der Waals surface area contributed by atoms with Crippen molar-refractivity contribution in [3.63, 3.8) is 0 Å². The second kappa shape index (κ2) is 7.54. The quantitative estimate of drug-likeness (QED) is 0.217. The lowest BCUT2D eigenvalue weighted by atomic mass is 10.0. The average Bonchev–Trinajstić information content (AvgIpc) is 3.22. The van der Waals surface area contributed by atoms with Gasteiger partial charge >= 0.3 is 0 Å². The number of hydrogen-bond acceptors (Lipinski definition) is 1. The van der Waals surface area contributed by atoms with Crippen LogP contribution in [0.25, 0.3) is 60.2 Å². The van der Waals surface area contributed by atoms with Gasteiger partial charge in [0, 0.05) is 44.5 Å². The van der Waals surface area contributed by atoms with Crippen LogP contribution in [0.3, 0.4) is 0 Å². The van der Waals surface area contributed by atoms with Gasteiger partial charge in [-0.2, -0.15) is 0 Å². The van der Waals surface area contributed by atoms with Crippen molar-refractivity contribution in [2.24, 2.45) is 0 Å². The summed E-state index contributed by atoms with van der Waals surface area (Å²) in [5.74, 6) is 0. The SMILES string of the molecule is Brc1cc(-c2cccnc2)c2c(c1)c1ccccc1n2-c1ccc2c(ccc3ccccc32)c1. The van der Waals surface area contributed by atoms with E-state index in [-0.39, 0.29) is 0 Å². The number of benzene rings is 5. The molecule has 0 aliphatic carbocycles. The van der Waals surface area contributed by atoms with E-state index in [9.17, 15) is 0 Å². The molecule has 0 unspecified atom stereocenters. The maximum absolute atomic E-state index is 4.40. The number of para-hydroxylation sites is 1. The van der Waals surface area contributed by atoms with Crippen molar-refractivity contribution < 1.29 is 0 Å². The molecule has 0 amide bonds. The summed E-state index contributed by atoms with van der Waals surface area (Å²) >= 11 is 3.76. The van der Waals surface area contributed by atoms with Gasteiger partial charge in [-0.15, -0.1) is 0 Å². The number of fused-ring (bicyclic) bond motifs is 6. The highest BCUT2D eigenvalue weighted by molar-refractivity contribution is 9.10. The number of nitrogens with zero attached hydrogens (tertiary/aromatic N) is 2. The molecule has 3 heteroatoms. The van der Waals surface area contributed by atoms with E-state index in [4.69, 9.17) is 0 Å². The molecular formula is C31H19BrN2. The number of rotatable bonds is 2. The van der Waals surface area contributed by atoms with E-state index in [0.29, 0.717) is 0 Å². The minimum Gasteiger partial charge on any atom is -0.309 e. The summed E-state index contributed by atoms with van der Waals surface area (Å²) in [6.45, 7) is 0. The molecular weight excluding hydrogens is 480 g/mol. The number of pyridine rings is 1. The summed E-state index contributed by atoms with van der Waals surface area (Å²) in [6.07, 6.45) is 3.76. The predicted octanol–water partition coefficient (Wildman–Crippen LogP) is 8.91. The van der Waals surface area contributed by atoms with Crippen LogP contribution in [0.15, 0.2) is 120 Å². The normalized spacial score (nSPS) is 11.7. The smallest absolute Gasteiger partial charge is 0.0620 e. The molecule has 2 heterocycles. The van der Waals surface area contributed by atoms with Crippen molar-refractivity contribution in [2.45, 2.75) is 0 Å². The number of halogens is 1. The third-order valence-electron chi connectivity index (χ3n) is 6.69. The Kier molecular flexibility index (Phi) is 4.33. The van der Waals surface area contributed by atoms with Gasteiger partial charge < -0.3 is 4.57 Å². The van der Waals surface area contributed by atoms with Crippen LogP contribution >= 0.6 is 15.9 Å². The van der Waals surface area contributed by atoms with Crippen LogP contribution in [0.1, 0.15) is 0 Å². The minimum atomic E-state index is 1.06. The molecule has 0 aliphatic rings. The highest BCUT2D eigenvalue weighted by Crippen LogP contribution is 2.40. The van der Waals surface area contributed by atoms with Gasteiger partial charge in [0.2, 0.25) is 0 Å². The van der Waals surface area contributed by atoms with Crippen LogP contribution in [0.5, 0.6) is 0 Å². The Bertz CT molecular complexity index is 1870. The first kappa shape index (κ1) is 19.5. The van der Waals surface area contributed by atoms with Crippen LogP contribution in [0, 0.1) is 0 Å². The highest BCUT2D eigenvalue weighted by Gasteiger charge is 2.18. The van der Waals surface area contributed by atoms with Crippen LogP contribution in [-0.2, 0) is 0 Å². The van der Waals surface area contributed by atoms with Crippen LogP contribution in [0.2, 0.25) is 0 Å². The fraction of sp³-hybridized carbons (Fsp3) is 0. The second-order valence-electron chi connectivity index (χ2n) is 8.64. The zero-order valence-electron chi connectivity index (χ0n) is 18.2. The third kappa shape index (κ3) is 2.91. The fourth-order valence-electron chi connectivity index (χ4n) is 5.21. The Balaban J connectivity index is 1.61. The first-order valence-corrected chi connectivity index (χ1v) is 12.1. The molecule has 160 valence electrons. The van der Waals surface area contributed by atoms with Crippen LogP contribution < -0.4 is 0 Å². The molecule has 0 radical (unpaired) electrons. The summed E-state index contributed by atoms with van der Waals surface area (Å²) in [5.41, 5.74) is 5.80. The van der Waals surface area contributed by atoms with E-state index in [2.05, 4.69) is 123 Å². The Hall–Kier alpha value is -3.95. The molecule has 7 aromatic rings. The molecule has 0 N–H and O–H groups in total. The zero-order chi connectivity index (χ0) is 22.6. The minimum absolute atomic E-state index is 1.06. The van der Waals surface area contributed by atoms with Gasteiger partial charge in [0.15, 0.2) is 0 Å². The molecule has 7 rings (SSSR count). The summed E-state index contributed by atoms with van der Waals surface area (Å²) < 4.78 is 3.46. The zero-order valence-corrected chi connectivity index (χ0v) is 19.8. The maximum Gasteiger partial charge on any atom is 0.0620 e. The molecule has 0 atom stereocenters. The van der Waals surface area contributed by atoms with Gasteiger partial charge in [-0.3, -0.25) is 4.98 Å². The summed E-state index contributed by atoms with van der Waals surface area (Å²) in [7, 11) is 0. The molecule has 0 bridgehead atoms. The van der Waals surface area contributed by atoms with E-state index in [1.807, 2.05) is 18.5 Å². The van der Waals surface area contributed by atoms with Gasteiger partial charge in [-0.25, -0.2) is 0 Å². The predicted molar refractivity (Wildman–Crippen MR) is 147 cm³/mol. The molecule has 2 aromatic heterocycles. The largest absolute Gasteiger partial charge is 0.309 e. The molecule has 2 nitrogen and oxygen atoms in total. The van der Waals surface area contributed by atoms with E-state index >= 15 is 0 Å². The second-order valence-corrected chi connectivity index (χ2v) is 9.55. The Morgan fingerprint density at radius 2 is 1.41 bits per heavy atom. The van der Waals surface area contributed by atoms with E-state index in [1.54, 1.807) is 0 Å². The Morgan fingerprint density at radius 1 is 0.618 bits per heavy atom. The number of hydrogen-bond donors (Lipinski definition) is 0. The van der Waals surface area contributed by atoms with Gasteiger partial charge in [0.1, 0.15) is 0 Å². The van der Waals surface area contributed by atoms with Crippen molar-refractivity contribution in [2.75, 3.05) is 0 Å². The molecule has 5 aromatic carbocycles. The third-order valence-corrected chi connectivity index (χ3v) is 7.15. The van der Waals surface area contributed by atoms with Crippen molar-refractivity contribution in [1.29, 1.82) is 0 Å². The molecule has 0 spiro atoms. The first-order valence-electron chi connectivity index (χ1n) is 11.3. The highest BCUT2D eigenvalue weighted by atomic mass is 79.9. The maximum atomic E-state index is 4.40. The van der Waals surface area contributed by atoms with E-state index in [1.165, 1.54) is 43.4 Å². The lowest BCUT2D eigenvalue weighted by Gasteiger charge is -2.13. The van der Waals surface area contributed by atoms with Crippen LogP contribution in [-0.4, -0.2) is 9.55 Å². The topological polar surface area (TPSA) is 17.8 Å². The van der Waals surface area contributed by atoms with Gasteiger partial charge in [0.25, 0.3) is 0 Å². The summed E-state index contributed by atoms with van der Waals surface area (Å²) in [5, 5.41) is 7.53. The van der Waals surface area contributed by atoms with Gasteiger partial charge in [-0.1, -0.05) is 82.7 Å². The molecule has 0 saturated heterocycles. The Morgan fingerprint density at radius 3 is 2.29 bits per heavy atom. The summed E-state index contributed by atoms with van der Waals surface area (Å²) in [6, 6.07) is 37.0. The van der Waals surface area contributed by atoms with Crippen molar-refractivity contribution >= 4 is 59.3 Å². The molecule has 34 heavy (non-hydrogen) atoms. The average molecular weight is 499 g/mol. The molecule has 0 aliphatic heterocycles. The summed E-state index contributed by atoms with van der Waals surface area (Å²) in [4.78, 5) is 4.40. The van der Waals surface area contributed by atoms with Gasteiger partial charge in [0.05, 0.1) is 11.0 Å². The number of aromatic nitrogens is 2. The fourth-order valence-corrected chi connectivity index (χ4v) is 5.67. The monoisotopic (exact) mass is 498 g/mol. The first-order chi connectivity index (χ1) is 16.8. The van der Waals surface area contributed by atoms with Crippen molar-refractivity contribution in [3.8, 4) is 16.8 Å². The lowest BCUT2D eigenvalue weighted by Crippen LogP contribution is -1.96. The van der Waals surface area contributed by atoms with Crippen molar-refractivity contribution in [1.82, 2.24) is 9.55 Å². The molecule has 0 saturated carbocycles. The van der Waals surface area contributed by atoms with Crippen molar-refractivity contribution in [3.05, 3.63) is 120 Å².